The minimum Gasteiger partial charge on any atom is -0.480 e. The van der Waals surface area contributed by atoms with Crippen LogP contribution in [0.25, 0.3) is 0 Å². The summed E-state index contributed by atoms with van der Waals surface area (Å²) in [5.41, 5.74) is -0.129. The van der Waals surface area contributed by atoms with E-state index in [2.05, 4.69) is 0 Å². The molecule has 1 aromatic rings. The zero-order valence-electron chi connectivity index (χ0n) is 8.16. The van der Waals surface area contributed by atoms with Gasteiger partial charge >= 0.3 is 5.97 Å². The number of ether oxygens (including phenoxy) is 1. The minimum atomic E-state index is -0.873. The van der Waals surface area contributed by atoms with E-state index in [0.717, 1.165) is 11.3 Å². The molecule has 0 unspecified atom stereocenters. The molecule has 0 saturated carbocycles. The number of aryl methyl sites for hydroxylation is 2. The molecule has 1 aromatic heterocycles. The largest absolute Gasteiger partial charge is 0.480 e. The molecule has 0 bridgehead atoms. The molecule has 1 aliphatic rings. The highest BCUT2D eigenvalue weighted by atomic mass is 16.5. The van der Waals surface area contributed by atoms with Gasteiger partial charge in [0.05, 0.1) is 13.2 Å². The smallest absolute Gasteiger partial charge is 0.319 e. The third-order valence-electron chi connectivity index (χ3n) is 2.66. The van der Waals surface area contributed by atoms with Gasteiger partial charge in [-0.05, 0) is 19.9 Å². The molecule has 4 heteroatoms. The molecule has 1 fully saturated rings. The van der Waals surface area contributed by atoms with E-state index in [-0.39, 0.29) is 13.2 Å². The van der Waals surface area contributed by atoms with Crippen molar-refractivity contribution in [1.29, 1.82) is 0 Å². The van der Waals surface area contributed by atoms with Crippen LogP contribution in [0.3, 0.4) is 0 Å². The number of aliphatic carboxylic acids is 1. The minimum absolute atomic E-state index is 0.238. The molecular weight excluding hydrogens is 184 g/mol. The molecule has 2 rings (SSSR count). The van der Waals surface area contributed by atoms with Crippen molar-refractivity contribution in [2.45, 2.75) is 19.3 Å². The van der Waals surface area contributed by atoms with Gasteiger partial charge in [0, 0.05) is 5.56 Å². The van der Waals surface area contributed by atoms with E-state index in [1.165, 1.54) is 0 Å². The first-order chi connectivity index (χ1) is 6.56. The van der Waals surface area contributed by atoms with Crippen LogP contribution in [0.2, 0.25) is 0 Å². The molecule has 1 saturated heterocycles. The van der Waals surface area contributed by atoms with Crippen molar-refractivity contribution >= 4 is 5.97 Å². The number of furan rings is 1. The van der Waals surface area contributed by atoms with E-state index in [9.17, 15) is 4.79 Å². The summed E-state index contributed by atoms with van der Waals surface area (Å²) in [6, 6.07) is 1.78. The van der Waals surface area contributed by atoms with Gasteiger partial charge in [-0.2, -0.15) is 0 Å². The number of hydrogen-bond donors (Lipinski definition) is 1. The number of hydrogen-bond acceptors (Lipinski definition) is 3. The van der Waals surface area contributed by atoms with E-state index in [0.29, 0.717) is 5.76 Å². The first-order valence-corrected chi connectivity index (χ1v) is 4.45. The summed E-state index contributed by atoms with van der Waals surface area (Å²) in [5, 5.41) is 9.15. The Balaban J connectivity index is 2.46. The summed E-state index contributed by atoms with van der Waals surface area (Å²) in [5.74, 6) is 0.575. The number of rotatable bonds is 2. The van der Waals surface area contributed by atoms with Gasteiger partial charge in [-0.25, -0.2) is 0 Å². The van der Waals surface area contributed by atoms with Crippen molar-refractivity contribution in [2.75, 3.05) is 13.2 Å². The molecule has 1 aliphatic heterocycles. The van der Waals surface area contributed by atoms with Gasteiger partial charge in [-0.15, -0.1) is 0 Å². The highest BCUT2D eigenvalue weighted by Gasteiger charge is 2.49. The van der Waals surface area contributed by atoms with Gasteiger partial charge in [0.1, 0.15) is 16.9 Å². The van der Waals surface area contributed by atoms with Crippen LogP contribution in [0, 0.1) is 13.8 Å². The summed E-state index contributed by atoms with van der Waals surface area (Å²) < 4.78 is 10.3. The molecule has 0 aliphatic carbocycles. The first-order valence-electron chi connectivity index (χ1n) is 4.45. The standard InChI is InChI=1S/C10H12O4/c1-6-3-8(7(2)14-6)10(9(11)12)4-13-5-10/h3H,4-5H2,1-2H3,(H,11,12). The first kappa shape index (κ1) is 9.27. The van der Waals surface area contributed by atoms with Gasteiger partial charge in [-0.1, -0.05) is 0 Å². The third kappa shape index (κ3) is 1.07. The molecule has 0 radical (unpaired) electrons. The maximum Gasteiger partial charge on any atom is 0.319 e. The van der Waals surface area contributed by atoms with Crippen LogP contribution in [-0.4, -0.2) is 24.3 Å². The van der Waals surface area contributed by atoms with Crippen molar-refractivity contribution in [2.24, 2.45) is 0 Å². The fourth-order valence-corrected chi connectivity index (χ4v) is 1.81. The van der Waals surface area contributed by atoms with E-state index in [1.54, 1.807) is 13.0 Å². The molecule has 4 nitrogen and oxygen atoms in total. The fraction of sp³-hybridized carbons (Fsp3) is 0.500. The molecule has 14 heavy (non-hydrogen) atoms. The monoisotopic (exact) mass is 196 g/mol. The maximum absolute atomic E-state index is 11.1. The molecule has 0 amide bonds. The molecule has 76 valence electrons. The second-order valence-electron chi connectivity index (χ2n) is 3.71. The van der Waals surface area contributed by atoms with E-state index in [4.69, 9.17) is 14.3 Å². The van der Waals surface area contributed by atoms with Crippen LogP contribution in [-0.2, 0) is 14.9 Å². The van der Waals surface area contributed by atoms with Crippen LogP contribution in [0.5, 0.6) is 0 Å². The molecule has 2 heterocycles. The van der Waals surface area contributed by atoms with Crippen LogP contribution in [0.4, 0.5) is 0 Å². The zero-order valence-corrected chi connectivity index (χ0v) is 8.16. The van der Waals surface area contributed by atoms with Crippen molar-refractivity contribution in [3.8, 4) is 0 Å². The summed E-state index contributed by atoms with van der Waals surface area (Å²) in [6.45, 7) is 4.07. The van der Waals surface area contributed by atoms with Gasteiger partial charge < -0.3 is 14.3 Å². The summed E-state index contributed by atoms with van der Waals surface area (Å²) >= 11 is 0. The molecule has 0 atom stereocenters. The Morgan fingerprint density at radius 1 is 1.50 bits per heavy atom. The maximum atomic E-state index is 11.1. The lowest BCUT2D eigenvalue weighted by molar-refractivity contribution is -0.163. The second kappa shape index (κ2) is 2.85. The highest BCUT2D eigenvalue weighted by Crippen LogP contribution is 2.36. The average molecular weight is 196 g/mol. The van der Waals surface area contributed by atoms with Crippen LogP contribution in [0.1, 0.15) is 17.1 Å². The van der Waals surface area contributed by atoms with Crippen LogP contribution in [0.15, 0.2) is 10.5 Å². The normalized spacial score (nSPS) is 19.0. The Hall–Kier alpha value is -1.29. The van der Waals surface area contributed by atoms with Crippen LogP contribution < -0.4 is 0 Å². The fourth-order valence-electron chi connectivity index (χ4n) is 1.81. The lowest BCUT2D eigenvalue weighted by Crippen LogP contribution is -2.53. The van der Waals surface area contributed by atoms with E-state index < -0.39 is 11.4 Å². The Morgan fingerprint density at radius 3 is 2.43 bits per heavy atom. The number of carboxylic acid groups (broad SMARTS) is 1. The summed E-state index contributed by atoms with van der Waals surface area (Å²) in [4.78, 5) is 11.1. The lowest BCUT2D eigenvalue weighted by atomic mass is 9.79. The average Bonchev–Trinajstić information content (AvgIpc) is 2.27. The summed E-state index contributed by atoms with van der Waals surface area (Å²) in [6.07, 6.45) is 0. The van der Waals surface area contributed by atoms with Gasteiger partial charge in [-0.3, -0.25) is 4.79 Å². The predicted molar refractivity (Wildman–Crippen MR) is 48.3 cm³/mol. The van der Waals surface area contributed by atoms with Gasteiger partial charge in [0.25, 0.3) is 0 Å². The summed E-state index contributed by atoms with van der Waals surface area (Å²) in [7, 11) is 0. The predicted octanol–water partition coefficient (Wildman–Crippen LogP) is 1.25. The molecular formula is C10H12O4. The zero-order chi connectivity index (χ0) is 10.3. The highest BCUT2D eigenvalue weighted by molar-refractivity contribution is 5.83. The van der Waals surface area contributed by atoms with Crippen LogP contribution >= 0.6 is 0 Å². The molecule has 0 spiro atoms. The third-order valence-corrected chi connectivity index (χ3v) is 2.66. The Kier molecular flexibility index (Phi) is 1.89. The Morgan fingerprint density at radius 2 is 2.14 bits per heavy atom. The SMILES string of the molecule is Cc1cc(C2(C(=O)O)COC2)c(C)o1. The van der Waals surface area contributed by atoms with Crippen molar-refractivity contribution in [3.63, 3.8) is 0 Å². The number of carbonyl (C=O) groups is 1. The quantitative estimate of drug-likeness (QED) is 0.773. The van der Waals surface area contributed by atoms with Crippen molar-refractivity contribution in [1.82, 2.24) is 0 Å². The topological polar surface area (TPSA) is 59.7 Å². The Labute approximate surface area is 81.5 Å². The molecule has 0 aromatic carbocycles. The Bertz CT molecular complexity index is 373. The van der Waals surface area contributed by atoms with Gasteiger partial charge in [0.15, 0.2) is 0 Å². The van der Waals surface area contributed by atoms with Crippen molar-refractivity contribution in [3.05, 3.63) is 23.2 Å². The number of carboxylic acids is 1. The molecule has 1 N–H and O–H groups in total. The van der Waals surface area contributed by atoms with Crippen molar-refractivity contribution < 1.29 is 19.1 Å². The second-order valence-corrected chi connectivity index (χ2v) is 3.71. The van der Waals surface area contributed by atoms with E-state index >= 15 is 0 Å². The van der Waals surface area contributed by atoms with E-state index in [1.807, 2.05) is 6.92 Å². The lowest BCUT2D eigenvalue weighted by Gasteiger charge is -2.37. The van der Waals surface area contributed by atoms with Gasteiger partial charge in [0.2, 0.25) is 0 Å².